The Morgan fingerprint density at radius 1 is 0.745 bits per heavy atom. The van der Waals surface area contributed by atoms with Gasteiger partial charge in [-0.3, -0.25) is 39.4 Å². The number of anilines is 2. The molecule has 0 aromatic heterocycles. The fourth-order valence-electron chi connectivity index (χ4n) is 8.07. The van der Waals surface area contributed by atoms with Crippen LogP contribution in [0, 0.1) is 55.7 Å². The van der Waals surface area contributed by atoms with Crippen LogP contribution in [0.5, 0.6) is 17.2 Å². The fourth-order valence-corrected chi connectivity index (χ4v) is 8.07. The first-order valence-corrected chi connectivity index (χ1v) is 16.0. The first-order valence-electron chi connectivity index (χ1n) is 16.0. The number of imide groups is 2. The van der Waals surface area contributed by atoms with Gasteiger partial charge in [0.2, 0.25) is 29.4 Å². The Bertz CT molecular complexity index is 2080. The molecule has 6 atom stereocenters. The van der Waals surface area contributed by atoms with E-state index in [4.69, 9.17) is 9.47 Å². The van der Waals surface area contributed by atoms with Crippen molar-refractivity contribution in [1.29, 1.82) is 0 Å². The Hall–Kier alpha value is -6.38. The molecule has 0 radical (unpaired) electrons. The molecule has 51 heavy (non-hydrogen) atoms. The Morgan fingerprint density at radius 3 is 1.80 bits per heavy atom. The van der Waals surface area contributed by atoms with E-state index in [2.05, 4.69) is 0 Å². The maximum Gasteiger partial charge on any atom is 0.271 e. The summed E-state index contributed by atoms with van der Waals surface area (Å²) in [6.45, 7) is 0. The third-order valence-electron chi connectivity index (χ3n) is 10.3. The van der Waals surface area contributed by atoms with Gasteiger partial charge in [-0.15, -0.1) is 0 Å². The van der Waals surface area contributed by atoms with Crippen LogP contribution in [0.25, 0.3) is 6.08 Å². The number of nitro benzene ring substituents is 2. The summed E-state index contributed by atoms with van der Waals surface area (Å²) in [4.78, 5) is 80.1. The molecule has 3 fully saturated rings. The van der Waals surface area contributed by atoms with E-state index < -0.39 is 69.0 Å². The van der Waals surface area contributed by atoms with Crippen LogP contribution in [0.3, 0.4) is 0 Å². The lowest BCUT2D eigenvalue weighted by Gasteiger charge is -2.42. The fraction of sp³-hybridized carbons (Fsp3) is 0.278. The van der Waals surface area contributed by atoms with Crippen LogP contribution < -0.4 is 19.3 Å². The molecule has 2 saturated heterocycles. The van der Waals surface area contributed by atoms with Crippen LogP contribution in [0.15, 0.2) is 78.4 Å². The highest BCUT2D eigenvalue weighted by Gasteiger charge is 2.61. The topological polar surface area (TPSA) is 200 Å². The van der Waals surface area contributed by atoms with Gasteiger partial charge in [0.1, 0.15) is 0 Å². The number of allylic oxidation sites excluding steroid dienone is 3. The molecule has 2 aliphatic carbocycles. The van der Waals surface area contributed by atoms with E-state index >= 15 is 0 Å². The number of rotatable bonds is 8. The van der Waals surface area contributed by atoms with E-state index in [1.54, 1.807) is 24.3 Å². The number of phenolic OH excluding ortho intramolecular Hbond substituents is 1. The summed E-state index contributed by atoms with van der Waals surface area (Å²) in [5.74, 6) is -7.11. The van der Waals surface area contributed by atoms with Crippen LogP contribution >= 0.6 is 0 Å². The Morgan fingerprint density at radius 2 is 1.27 bits per heavy atom. The number of hydrogen-bond donors (Lipinski definition) is 1. The number of aromatic hydroxyl groups is 1. The van der Waals surface area contributed by atoms with Crippen LogP contribution in [0.1, 0.15) is 18.4 Å². The van der Waals surface area contributed by atoms with Gasteiger partial charge in [-0.05, 0) is 48.6 Å². The summed E-state index contributed by atoms with van der Waals surface area (Å²) in [5, 5.41) is 33.5. The monoisotopic (exact) mass is 694 g/mol. The van der Waals surface area contributed by atoms with Crippen molar-refractivity contribution in [3.8, 4) is 17.2 Å². The summed E-state index contributed by atoms with van der Waals surface area (Å²) in [7, 11) is 2.76. The van der Waals surface area contributed by atoms with Crippen LogP contribution in [-0.2, 0) is 19.2 Å². The van der Waals surface area contributed by atoms with E-state index in [9.17, 15) is 44.5 Å². The minimum atomic E-state index is -0.939. The molecule has 1 saturated carbocycles. The van der Waals surface area contributed by atoms with Crippen LogP contribution in [-0.4, -0.2) is 52.8 Å². The predicted molar refractivity (Wildman–Crippen MR) is 180 cm³/mol. The van der Waals surface area contributed by atoms with Crippen molar-refractivity contribution in [3.05, 3.63) is 104 Å². The van der Waals surface area contributed by atoms with E-state index in [1.165, 1.54) is 56.7 Å². The molecule has 7 rings (SSSR count). The minimum Gasteiger partial charge on any atom is -0.502 e. The molecule has 0 spiro atoms. The summed E-state index contributed by atoms with van der Waals surface area (Å²) in [5.41, 5.74) is 0.750. The predicted octanol–water partition coefficient (Wildman–Crippen LogP) is 4.82. The van der Waals surface area contributed by atoms with Crippen molar-refractivity contribution in [2.75, 3.05) is 24.0 Å². The van der Waals surface area contributed by atoms with Crippen molar-refractivity contribution in [1.82, 2.24) is 0 Å². The van der Waals surface area contributed by atoms with Gasteiger partial charge in [0, 0.05) is 30.2 Å². The molecule has 3 aromatic carbocycles. The smallest absolute Gasteiger partial charge is 0.271 e. The molecule has 4 amide bonds. The molecule has 15 nitrogen and oxygen atoms in total. The van der Waals surface area contributed by atoms with E-state index in [0.717, 1.165) is 15.9 Å². The zero-order chi connectivity index (χ0) is 36.3. The maximum atomic E-state index is 14.3. The number of hydrogen-bond acceptors (Lipinski definition) is 11. The molecule has 0 bridgehead atoms. The molecule has 2 heterocycles. The first kappa shape index (κ1) is 33.1. The highest BCUT2D eigenvalue weighted by molar-refractivity contribution is 6.24. The Labute approximate surface area is 289 Å². The summed E-state index contributed by atoms with van der Waals surface area (Å²) < 4.78 is 10.6. The van der Waals surface area contributed by atoms with E-state index in [1.807, 2.05) is 6.08 Å². The van der Waals surface area contributed by atoms with Crippen molar-refractivity contribution in [2.24, 2.45) is 35.5 Å². The number of benzene rings is 3. The van der Waals surface area contributed by atoms with Gasteiger partial charge < -0.3 is 14.6 Å². The second-order valence-electron chi connectivity index (χ2n) is 12.8. The number of nitro groups is 2. The molecular formula is C36H30N4O11. The SMILES string of the molecule is COc1cc(C=C[C@H]2C3=CC[C@@H]4C(=O)N(c5cccc([N+](=O)[O-])c5)C(=O)[C@@H]4[C@@H]3C[C@H]3C(=O)N(c4cccc([N+](=O)[O-])c4)C(=O)[C@@H]23)cc(OC)c1O. The lowest BCUT2D eigenvalue weighted by molar-refractivity contribution is -0.385. The standard InChI is InChI=1S/C36H30N4O11/c1-50-28-13-18(14-29(51-2)32(28)41)9-10-24-23-11-12-25-31(36(45)37(33(25)42)19-5-3-7-21(15-19)39(46)47)26(23)17-27-30(24)35(44)38(34(27)43)20-6-4-8-22(16-20)40(48)49/h3-11,13-16,24-27,30-31,41H,12,17H2,1-2H3/t24-,25-,26+,27+,30-,31-/m0/s1. The number of ether oxygens (including phenoxy) is 2. The minimum absolute atomic E-state index is 0.0446. The molecule has 260 valence electrons. The molecule has 4 aliphatic rings. The second-order valence-corrected chi connectivity index (χ2v) is 12.8. The molecule has 0 unspecified atom stereocenters. The largest absolute Gasteiger partial charge is 0.502 e. The van der Waals surface area contributed by atoms with Gasteiger partial charge in [0.25, 0.3) is 11.4 Å². The lowest BCUT2D eigenvalue weighted by atomic mass is 9.58. The highest BCUT2D eigenvalue weighted by Crippen LogP contribution is 2.56. The number of carbonyl (C=O) groups excluding carboxylic acids is 4. The van der Waals surface area contributed by atoms with Gasteiger partial charge >= 0.3 is 0 Å². The molecule has 1 N–H and O–H groups in total. The third kappa shape index (κ3) is 5.28. The summed E-state index contributed by atoms with van der Waals surface area (Å²) in [6, 6.07) is 13.6. The summed E-state index contributed by atoms with van der Waals surface area (Å²) >= 11 is 0. The highest BCUT2D eigenvalue weighted by atomic mass is 16.6. The quantitative estimate of drug-likeness (QED) is 0.147. The van der Waals surface area contributed by atoms with Crippen LogP contribution in [0.2, 0.25) is 0 Å². The molecule has 15 heteroatoms. The van der Waals surface area contributed by atoms with Gasteiger partial charge in [-0.1, -0.05) is 35.9 Å². The zero-order valence-electron chi connectivity index (χ0n) is 27.2. The van der Waals surface area contributed by atoms with Gasteiger partial charge in [-0.25, -0.2) is 9.80 Å². The normalized spacial score (nSPS) is 25.4. The van der Waals surface area contributed by atoms with Gasteiger partial charge in [0.15, 0.2) is 11.5 Å². The van der Waals surface area contributed by atoms with Crippen molar-refractivity contribution < 1.29 is 43.6 Å². The maximum absolute atomic E-state index is 14.3. The molecule has 2 aliphatic heterocycles. The number of phenols is 1. The van der Waals surface area contributed by atoms with Crippen molar-refractivity contribution in [3.63, 3.8) is 0 Å². The Kier molecular flexibility index (Phi) is 8.12. The molecular weight excluding hydrogens is 664 g/mol. The molecule has 3 aromatic rings. The average Bonchev–Trinajstić information content (AvgIpc) is 3.54. The van der Waals surface area contributed by atoms with E-state index in [-0.39, 0.29) is 52.8 Å². The van der Waals surface area contributed by atoms with Gasteiger partial charge in [-0.2, -0.15) is 0 Å². The van der Waals surface area contributed by atoms with Crippen molar-refractivity contribution in [2.45, 2.75) is 12.8 Å². The number of non-ortho nitro benzene ring substituents is 2. The number of amides is 4. The Balaban J connectivity index is 1.31. The second kappa shape index (κ2) is 12.5. The van der Waals surface area contributed by atoms with E-state index in [0.29, 0.717) is 11.1 Å². The zero-order valence-corrected chi connectivity index (χ0v) is 27.2. The number of methoxy groups -OCH3 is 2. The number of nitrogens with zero attached hydrogens (tertiary/aromatic N) is 4. The van der Waals surface area contributed by atoms with Crippen molar-refractivity contribution >= 4 is 52.5 Å². The summed E-state index contributed by atoms with van der Waals surface area (Å²) in [6.07, 6.45) is 5.48. The number of fused-ring (bicyclic) bond motifs is 4. The average molecular weight is 695 g/mol. The third-order valence-corrected chi connectivity index (χ3v) is 10.3. The van der Waals surface area contributed by atoms with Gasteiger partial charge in [0.05, 0.1) is 59.1 Å². The van der Waals surface area contributed by atoms with Crippen LogP contribution in [0.4, 0.5) is 22.7 Å². The number of carbonyl (C=O) groups is 4. The lowest BCUT2D eigenvalue weighted by Crippen LogP contribution is -2.43. The first-order chi connectivity index (χ1) is 24.4.